The molecule has 2 heterocycles. The molecular formula is C26H31N3O2. The molecule has 1 fully saturated rings. The summed E-state index contributed by atoms with van der Waals surface area (Å²) in [5, 5.41) is 9.06. The second kappa shape index (κ2) is 10.5. The molecule has 3 aromatic rings. The van der Waals surface area contributed by atoms with Gasteiger partial charge in [-0.25, -0.2) is 0 Å². The highest BCUT2D eigenvalue weighted by molar-refractivity contribution is 5.63. The molecule has 4 rings (SSSR count). The van der Waals surface area contributed by atoms with Gasteiger partial charge in [-0.05, 0) is 53.9 Å². The molecule has 0 unspecified atom stereocenters. The number of pyridine rings is 1. The van der Waals surface area contributed by atoms with E-state index in [4.69, 9.17) is 9.84 Å². The summed E-state index contributed by atoms with van der Waals surface area (Å²) >= 11 is 0. The van der Waals surface area contributed by atoms with E-state index in [1.54, 1.807) is 0 Å². The van der Waals surface area contributed by atoms with Crippen molar-refractivity contribution < 1.29 is 9.84 Å². The van der Waals surface area contributed by atoms with E-state index in [-0.39, 0.29) is 6.61 Å². The zero-order valence-corrected chi connectivity index (χ0v) is 18.2. The van der Waals surface area contributed by atoms with Gasteiger partial charge in [0.1, 0.15) is 12.4 Å². The number of aliphatic hydroxyl groups excluding tert-OH is 1. The molecule has 1 aromatic heterocycles. The Morgan fingerprint density at radius 1 is 0.871 bits per heavy atom. The molecule has 0 atom stereocenters. The summed E-state index contributed by atoms with van der Waals surface area (Å²) in [7, 11) is 0. The van der Waals surface area contributed by atoms with Gasteiger partial charge in [-0.15, -0.1) is 0 Å². The fourth-order valence-electron chi connectivity index (χ4n) is 3.98. The quantitative estimate of drug-likeness (QED) is 0.605. The van der Waals surface area contributed by atoms with Crippen LogP contribution in [0.4, 0.5) is 0 Å². The van der Waals surface area contributed by atoms with Crippen molar-refractivity contribution in [2.45, 2.75) is 20.1 Å². The number of β-amino-alcohol motifs (C(OH)–C–C–N with tert-alkyl or cyclic N) is 1. The van der Waals surface area contributed by atoms with E-state index in [9.17, 15) is 0 Å². The Labute approximate surface area is 184 Å². The van der Waals surface area contributed by atoms with E-state index >= 15 is 0 Å². The SMILES string of the molecule is Cc1cccnc1-c1ccc(OCc2ccc(CN3CCN(CCO)CC3)cc2)cc1. The zero-order valence-electron chi connectivity index (χ0n) is 18.2. The number of benzene rings is 2. The third-order valence-corrected chi connectivity index (χ3v) is 5.85. The highest BCUT2D eigenvalue weighted by Crippen LogP contribution is 2.23. The van der Waals surface area contributed by atoms with Gasteiger partial charge in [0.25, 0.3) is 0 Å². The number of piperazine rings is 1. The average Bonchev–Trinajstić information content (AvgIpc) is 2.81. The summed E-state index contributed by atoms with van der Waals surface area (Å²) in [5.41, 5.74) is 5.78. The van der Waals surface area contributed by atoms with Crippen LogP contribution in [0.2, 0.25) is 0 Å². The van der Waals surface area contributed by atoms with Crippen LogP contribution in [-0.2, 0) is 13.2 Å². The Morgan fingerprint density at radius 3 is 2.23 bits per heavy atom. The van der Waals surface area contributed by atoms with Crippen molar-refractivity contribution in [1.82, 2.24) is 14.8 Å². The first kappa shape index (κ1) is 21.5. The van der Waals surface area contributed by atoms with E-state index in [0.717, 1.165) is 56.3 Å². The molecule has 0 bridgehead atoms. The van der Waals surface area contributed by atoms with E-state index in [1.807, 2.05) is 24.4 Å². The molecule has 1 aliphatic rings. The molecule has 0 radical (unpaired) electrons. The second-order valence-electron chi connectivity index (χ2n) is 8.14. The topological polar surface area (TPSA) is 48.8 Å². The normalized spacial score (nSPS) is 15.2. The Bertz CT molecular complexity index is 949. The van der Waals surface area contributed by atoms with Crippen LogP contribution in [0.5, 0.6) is 5.75 Å². The number of aliphatic hydroxyl groups is 1. The number of hydrogen-bond acceptors (Lipinski definition) is 5. The fraction of sp³-hybridized carbons (Fsp3) is 0.346. The highest BCUT2D eigenvalue weighted by atomic mass is 16.5. The van der Waals surface area contributed by atoms with E-state index in [2.05, 4.69) is 64.2 Å². The molecule has 2 aromatic carbocycles. The predicted octanol–water partition coefficient (Wildman–Crippen LogP) is 3.75. The van der Waals surface area contributed by atoms with Gasteiger partial charge in [-0.2, -0.15) is 0 Å². The first-order valence-corrected chi connectivity index (χ1v) is 11.0. The van der Waals surface area contributed by atoms with Crippen molar-refractivity contribution in [3.8, 4) is 17.0 Å². The van der Waals surface area contributed by atoms with Crippen molar-refractivity contribution in [3.63, 3.8) is 0 Å². The molecular weight excluding hydrogens is 386 g/mol. The summed E-state index contributed by atoms with van der Waals surface area (Å²) in [4.78, 5) is 9.27. The Balaban J connectivity index is 1.26. The van der Waals surface area contributed by atoms with Gasteiger partial charge in [0, 0.05) is 51.0 Å². The molecule has 1 saturated heterocycles. The maximum Gasteiger partial charge on any atom is 0.119 e. The molecule has 0 aliphatic carbocycles. The number of hydrogen-bond donors (Lipinski definition) is 1. The van der Waals surface area contributed by atoms with Crippen LogP contribution in [0.25, 0.3) is 11.3 Å². The third kappa shape index (κ3) is 5.91. The average molecular weight is 418 g/mol. The minimum absolute atomic E-state index is 0.248. The molecule has 31 heavy (non-hydrogen) atoms. The smallest absolute Gasteiger partial charge is 0.119 e. The van der Waals surface area contributed by atoms with Crippen LogP contribution in [0, 0.1) is 6.92 Å². The van der Waals surface area contributed by atoms with Crippen LogP contribution < -0.4 is 4.74 Å². The standard InChI is InChI=1S/C26H31N3O2/c1-21-3-2-12-27-26(21)24-8-10-25(11-9-24)31-20-23-6-4-22(5-7-23)19-29-15-13-28(14-16-29)17-18-30/h2-12,30H,13-20H2,1H3. The summed E-state index contributed by atoms with van der Waals surface area (Å²) < 4.78 is 5.98. The van der Waals surface area contributed by atoms with Gasteiger partial charge in [0.05, 0.1) is 12.3 Å². The number of aryl methyl sites for hydroxylation is 1. The fourth-order valence-corrected chi connectivity index (χ4v) is 3.98. The van der Waals surface area contributed by atoms with E-state index < -0.39 is 0 Å². The first-order chi connectivity index (χ1) is 15.2. The highest BCUT2D eigenvalue weighted by Gasteiger charge is 2.16. The van der Waals surface area contributed by atoms with Crippen molar-refractivity contribution in [3.05, 3.63) is 83.6 Å². The second-order valence-corrected chi connectivity index (χ2v) is 8.14. The molecule has 162 valence electrons. The number of ether oxygens (including phenoxy) is 1. The summed E-state index contributed by atoms with van der Waals surface area (Å²) in [5.74, 6) is 0.863. The Hall–Kier alpha value is -2.73. The molecule has 5 heteroatoms. The van der Waals surface area contributed by atoms with Crippen molar-refractivity contribution in [2.75, 3.05) is 39.3 Å². The van der Waals surface area contributed by atoms with Crippen LogP contribution in [0.3, 0.4) is 0 Å². The minimum Gasteiger partial charge on any atom is -0.489 e. The van der Waals surface area contributed by atoms with Gasteiger partial charge in [0.15, 0.2) is 0 Å². The predicted molar refractivity (Wildman–Crippen MR) is 124 cm³/mol. The number of rotatable bonds is 8. The molecule has 0 saturated carbocycles. The first-order valence-electron chi connectivity index (χ1n) is 11.0. The minimum atomic E-state index is 0.248. The van der Waals surface area contributed by atoms with Gasteiger partial charge in [0.2, 0.25) is 0 Å². The van der Waals surface area contributed by atoms with E-state index in [1.165, 1.54) is 16.7 Å². The molecule has 0 spiro atoms. The van der Waals surface area contributed by atoms with Crippen LogP contribution in [0.15, 0.2) is 66.9 Å². The van der Waals surface area contributed by atoms with Crippen LogP contribution >= 0.6 is 0 Å². The van der Waals surface area contributed by atoms with E-state index in [0.29, 0.717) is 6.61 Å². The lowest BCUT2D eigenvalue weighted by atomic mass is 10.1. The lowest BCUT2D eigenvalue weighted by Crippen LogP contribution is -2.46. The maximum absolute atomic E-state index is 9.06. The molecule has 0 amide bonds. The number of aromatic nitrogens is 1. The lowest BCUT2D eigenvalue weighted by molar-refractivity contribution is 0.108. The van der Waals surface area contributed by atoms with Crippen molar-refractivity contribution in [2.24, 2.45) is 0 Å². The van der Waals surface area contributed by atoms with Crippen LogP contribution in [0.1, 0.15) is 16.7 Å². The van der Waals surface area contributed by atoms with Crippen LogP contribution in [-0.4, -0.2) is 59.2 Å². The van der Waals surface area contributed by atoms with Gasteiger partial charge >= 0.3 is 0 Å². The summed E-state index contributed by atoms with van der Waals surface area (Å²) in [6.45, 7) is 8.82. The van der Waals surface area contributed by atoms with Crippen molar-refractivity contribution in [1.29, 1.82) is 0 Å². The van der Waals surface area contributed by atoms with Gasteiger partial charge in [-0.3, -0.25) is 14.8 Å². The maximum atomic E-state index is 9.06. The Kier molecular flexibility index (Phi) is 7.30. The third-order valence-electron chi connectivity index (χ3n) is 5.85. The zero-order chi connectivity index (χ0) is 21.5. The molecule has 5 nitrogen and oxygen atoms in total. The van der Waals surface area contributed by atoms with Gasteiger partial charge < -0.3 is 9.84 Å². The monoisotopic (exact) mass is 417 g/mol. The lowest BCUT2D eigenvalue weighted by Gasteiger charge is -2.34. The Morgan fingerprint density at radius 2 is 1.55 bits per heavy atom. The molecule has 1 aliphatic heterocycles. The summed E-state index contributed by atoms with van der Waals surface area (Å²) in [6, 6.07) is 20.9. The van der Waals surface area contributed by atoms with Gasteiger partial charge in [-0.1, -0.05) is 30.3 Å². The molecule has 1 N–H and O–H groups in total. The number of nitrogens with zero attached hydrogens (tertiary/aromatic N) is 3. The van der Waals surface area contributed by atoms with Crippen molar-refractivity contribution >= 4 is 0 Å². The largest absolute Gasteiger partial charge is 0.489 e. The summed E-state index contributed by atoms with van der Waals surface area (Å²) in [6.07, 6.45) is 1.83.